The zero-order valence-electron chi connectivity index (χ0n) is 12.6. The smallest absolute Gasteiger partial charge is 0.133 e. The molecule has 0 saturated carbocycles. The van der Waals surface area contributed by atoms with Gasteiger partial charge in [-0.1, -0.05) is 33.6 Å². The van der Waals surface area contributed by atoms with Crippen molar-refractivity contribution in [2.75, 3.05) is 7.05 Å². The molecule has 0 saturated heterocycles. The first-order valence-electron chi connectivity index (χ1n) is 6.83. The van der Waals surface area contributed by atoms with Gasteiger partial charge in [-0.3, -0.25) is 0 Å². The molecule has 1 N–H and O–H groups in total. The van der Waals surface area contributed by atoms with E-state index < -0.39 is 0 Å². The molecule has 21 heavy (non-hydrogen) atoms. The molecule has 2 nitrogen and oxygen atoms in total. The molecule has 2 rings (SSSR count). The molecule has 0 aliphatic heterocycles. The fourth-order valence-corrected chi connectivity index (χ4v) is 2.65. The molecule has 0 amide bonds. The summed E-state index contributed by atoms with van der Waals surface area (Å²) >= 11 is 9.71. The zero-order chi connectivity index (χ0) is 15.6. The fourth-order valence-electron chi connectivity index (χ4n) is 2.20. The van der Waals surface area contributed by atoms with E-state index in [0.717, 1.165) is 37.7 Å². The van der Waals surface area contributed by atoms with Crippen LogP contribution in [0.5, 0.6) is 11.5 Å². The average molecular weight is 369 g/mol. The van der Waals surface area contributed by atoms with E-state index in [1.807, 2.05) is 45.2 Å². The number of hydrogen-bond donors (Lipinski definition) is 1. The minimum absolute atomic E-state index is 0.211. The topological polar surface area (TPSA) is 21.3 Å². The number of benzene rings is 2. The van der Waals surface area contributed by atoms with Gasteiger partial charge in [0.1, 0.15) is 11.5 Å². The summed E-state index contributed by atoms with van der Waals surface area (Å²) in [5, 5.41) is 4.03. The Morgan fingerprint density at radius 1 is 1.14 bits per heavy atom. The lowest BCUT2D eigenvalue weighted by atomic mass is 10.1. The van der Waals surface area contributed by atoms with Crippen molar-refractivity contribution in [3.63, 3.8) is 0 Å². The number of nitrogens with one attached hydrogen (secondary N) is 1. The van der Waals surface area contributed by atoms with Crippen LogP contribution in [0.25, 0.3) is 0 Å². The summed E-state index contributed by atoms with van der Waals surface area (Å²) < 4.78 is 7.09. The SMILES string of the molecule is CNC(C)c1ccc(Br)cc1Oc1cc(C)c(Cl)c(C)c1. The van der Waals surface area contributed by atoms with Gasteiger partial charge in [0, 0.05) is 21.1 Å². The third kappa shape index (κ3) is 3.79. The predicted molar refractivity (Wildman–Crippen MR) is 92.6 cm³/mol. The number of aryl methyl sites for hydroxylation is 2. The molecular formula is C17H19BrClNO. The molecule has 0 heterocycles. The maximum atomic E-state index is 6.21. The molecule has 2 aromatic carbocycles. The third-order valence-electron chi connectivity index (χ3n) is 3.51. The molecule has 4 heteroatoms. The predicted octanol–water partition coefficient (Wildman–Crippen LogP) is 5.79. The van der Waals surface area contributed by atoms with E-state index in [4.69, 9.17) is 16.3 Å². The number of ether oxygens (including phenoxy) is 1. The molecule has 1 unspecified atom stereocenters. The van der Waals surface area contributed by atoms with Gasteiger partial charge in [0.2, 0.25) is 0 Å². The van der Waals surface area contributed by atoms with Crippen LogP contribution in [0, 0.1) is 13.8 Å². The van der Waals surface area contributed by atoms with Crippen LogP contribution in [0.1, 0.15) is 29.7 Å². The van der Waals surface area contributed by atoms with Crippen LogP contribution in [-0.4, -0.2) is 7.05 Å². The highest BCUT2D eigenvalue weighted by Gasteiger charge is 2.12. The van der Waals surface area contributed by atoms with Crippen molar-refractivity contribution in [1.29, 1.82) is 0 Å². The highest BCUT2D eigenvalue weighted by Crippen LogP contribution is 2.34. The summed E-state index contributed by atoms with van der Waals surface area (Å²) in [6.07, 6.45) is 0. The lowest BCUT2D eigenvalue weighted by Gasteiger charge is -2.17. The van der Waals surface area contributed by atoms with Gasteiger partial charge in [-0.25, -0.2) is 0 Å². The van der Waals surface area contributed by atoms with E-state index in [9.17, 15) is 0 Å². The van der Waals surface area contributed by atoms with Crippen LogP contribution in [0.2, 0.25) is 5.02 Å². The van der Waals surface area contributed by atoms with Gasteiger partial charge in [0.25, 0.3) is 0 Å². The van der Waals surface area contributed by atoms with Crippen molar-refractivity contribution in [2.24, 2.45) is 0 Å². The average Bonchev–Trinajstić information content (AvgIpc) is 2.44. The van der Waals surface area contributed by atoms with Crippen LogP contribution >= 0.6 is 27.5 Å². The summed E-state index contributed by atoms with van der Waals surface area (Å²) in [6.45, 7) is 6.08. The Kier molecular flexibility index (Phi) is 5.31. The first-order valence-corrected chi connectivity index (χ1v) is 8.00. The van der Waals surface area contributed by atoms with Crippen LogP contribution in [0.15, 0.2) is 34.8 Å². The van der Waals surface area contributed by atoms with Crippen molar-refractivity contribution in [3.05, 3.63) is 56.5 Å². The third-order valence-corrected chi connectivity index (χ3v) is 4.60. The summed E-state index contributed by atoms with van der Waals surface area (Å²) in [5.74, 6) is 1.64. The van der Waals surface area contributed by atoms with Gasteiger partial charge in [-0.05, 0) is 63.2 Å². The number of hydrogen-bond acceptors (Lipinski definition) is 2. The van der Waals surface area contributed by atoms with E-state index >= 15 is 0 Å². The Hall–Kier alpha value is -1.03. The number of halogens is 2. The van der Waals surface area contributed by atoms with Gasteiger partial charge < -0.3 is 10.1 Å². The summed E-state index contributed by atoms with van der Waals surface area (Å²) in [7, 11) is 1.94. The van der Waals surface area contributed by atoms with E-state index in [1.165, 1.54) is 0 Å². The zero-order valence-corrected chi connectivity index (χ0v) is 15.0. The van der Waals surface area contributed by atoms with Crippen molar-refractivity contribution >= 4 is 27.5 Å². The second-order valence-corrected chi connectivity index (χ2v) is 6.46. The molecule has 112 valence electrons. The maximum Gasteiger partial charge on any atom is 0.133 e. The molecule has 2 aromatic rings. The molecule has 0 aliphatic carbocycles. The minimum Gasteiger partial charge on any atom is -0.457 e. The largest absolute Gasteiger partial charge is 0.457 e. The van der Waals surface area contributed by atoms with E-state index in [-0.39, 0.29) is 6.04 Å². The Labute approximate surface area is 139 Å². The van der Waals surface area contributed by atoms with Crippen molar-refractivity contribution in [1.82, 2.24) is 5.32 Å². The molecule has 0 radical (unpaired) electrons. The van der Waals surface area contributed by atoms with Crippen LogP contribution in [-0.2, 0) is 0 Å². The maximum absolute atomic E-state index is 6.21. The lowest BCUT2D eigenvalue weighted by Crippen LogP contribution is -2.13. The summed E-state index contributed by atoms with van der Waals surface area (Å²) in [5.41, 5.74) is 3.15. The van der Waals surface area contributed by atoms with E-state index in [0.29, 0.717) is 0 Å². The normalized spacial score (nSPS) is 12.3. The Morgan fingerprint density at radius 2 is 1.76 bits per heavy atom. The molecule has 0 fully saturated rings. The molecule has 0 bridgehead atoms. The van der Waals surface area contributed by atoms with E-state index in [2.05, 4.69) is 34.2 Å². The van der Waals surface area contributed by atoms with Crippen molar-refractivity contribution in [3.8, 4) is 11.5 Å². The standard InChI is InChI=1S/C17H19BrClNO/c1-10-7-14(8-11(2)17(10)19)21-16-9-13(18)5-6-15(16)12(3)20-4/h5-9,12,20H,1-4H3. The quantitative estimate of drug-likeness (QED) is 0.737. The first kappa shape index (κ1) is 16.3. The highest BCUT2D eigenvalue weighted by atomic mass is 79.9. The second-order valence-electron chi connectivity index (χ2n) is 5.17. The Bertz CT molecular complexity index is 634. The lowest BCUT2D eigenvalue weighted by molar-refractivity contribution is 0.465. The summed E-state index contributed by atoms with van der Waals surface area (Å²) in [6, 6.07) is 10.2. The summed E-state index contributed by atoms with van der Waals surface area (Å²) in [4.78, 5) is 0. The van der Waals surface area contributed by atoms with Crippen LogP contribution in [0.4, 0.5) is 0 Å². The first-order chi connectivity index (χ1) is 9.92. The molecular weight excluding hydrogens is 350 g/mol. The number of rotatable bonds is 4. The van der Waals surface area contributed by atoms with Gasteiger partial charge in [0.15, 0.2) is 0 Å². The van der Waals surface area contributed by atoms with Crippen molar-refractivity contribution in [2.45, 2.75) is 26.8 Å². The monoisotopic (exact) mass is 367 g/mol. The van der Waals surface area contributed by atoms with Crippen molar-refractivity contribution < 1.29 is 4.74 Å². The molecule has 0 aromatic heterocycles. The molecule has 0 spiro atoms. The minimum atomic E-state index is 0.211. The van der Waals surface area contributed by atoms with E-state index in [1.54, 1.807) is 0 Å². The van der Waals surface area contributed by atoms with Gasteiger partial charge in [-0.15, -0.1) is 0 Å². The highest BCUT2D eigenvalue weighted by molar-refractivity contribution is 9.10. The Balaban J connectivity index is 2.41. The molecule has 1 atom stereocenters. The van der Waals surface area contributed by atoms with Gasteiger partial charge >= 0.3 is 0 Å². The Morgan fingerprint density at radius 3 is 2.33 bits per heavy atom. The van der Waals surface area contributed by atoms with Crippen LogP contribution < -0.4 is 10.1 Å². The van der Waals surface area contributed by atoms with Gasteiger partial charge in [-0.2, -0.15) is 0 Å². The fraction of sp³-hybridized carbons (Fsp3) is 0.294. The second kappa shape index (κ2) is 6.82. The van der Waals surface area contributed by atoms with Crippen LogP contribution in [0.3, 0.4) is 0 Å². The van der Waals surface area contributed by atoms with Gasteiger partial charge in [0.05, 0.1) is 0 Å². The molecule has 0 aliphatic rings.